The number of ether oxygens (including phenoxy) is 1. The van der Waals surface area contributed by atoms with E-state index in [0.717, 1.165) is 17.7 Å². The minimum atomic E-state index is 0.0962. The second-order valence-corrected chi connectivity index (χ2v) is 5.74. The predicted octanol–water partition coefficient (Wildman–Crippen LogP) is 4.08. The molecule has 2 heteroatoms. The Morgan fingerprint density at radius 2 is 1.89 bits per heavy atom. The molecule has 1 aromatic carbocycles. The SMILES string of the molecule is Cc1ccc(C(=O)COCC2CCCCC2)cc1C. The lowest BCUT2D eigenvalue weighted by atomic mass is 9.90. The molecule has 0 heterocycles. The molecule has 0 aliphatic heterocycles. The van der Waals surface area contributed by atoms with Crippen LogP contribution in [0.3, 0.4) is 0 Å². The Morgan fingerprint density at radius 1 is 1.16 bits per heavy atom. The van der Waals surface area contributed by atoms with Crippen molar-refractivity contribution >= 4 is 5.78 Å². The fourth-order valence-electron chi connectivity index (χ4n) is 2.67. The van der Waals surface area contributed by atoms with Crippen molar-refractivity contribution in [2.24, 2.45) is 5.92 Å². The van der Waals surface area contributed by atoms with Crippen molar-refractivity contribution in [3.8, 4) is 0 Å². The van der Waals surface area contributed by atoms with Crippen LogP contribution in [0.25, 0.3) is 0 Å². The molecule has 19 heavy (non-hydrogen) atoms. The standard InChI is InChI=1S/C17H24O2/c1-13-8-9-16(10-14(13)2)17(18)12-19-11-15-6-4-3-5-7-15/h8-10,15H,3-7,11-12H2,1-2H3. The summed E-state index contributed by atoms with van der Waals surface area (Å²) in [5.41, 5.74) is 3.16. The first kappa shape index (κ1) is 14.3. The van der Waals surface area contributed by atoms with E-state index in [1.54, 1.807) is 0 Å². The Hall–Kier alpha value is -1.15. The first-order chi connectivity index (χ1) is 9.16. The van der Waals surface area contributed by atoms with Gasteiger partial charge in [0.15, 0.2) is 5.78 Å². The van der Waals surface area contributed by atoms with Crippen LogP contribution < -0.4 is 0 Å². The lowest BCUT2D eigenvalue weighted by Gasteiger charge is -2.21. The Labute approximate surface area is 116 Å². The maximum Gasteiger partial charge on any atom is 0.188 e. The second-order valence-electron chi connectivity index (χ2n) is 5.74. The first-order valence-electron chi connectivity index (χ1n) is 7.35. The summed E-state index contributed by atoms with van der Waals surface area (Å²) >= 11 is 0. The maximum atomic E-state index is 12.0. The van der Waals surface area contributed by atoms with Crippen LogP contribution in [-0.2, 0) is 4.74 Å². The number of hydrogen-bond donors (Lipinski definition) is 0. The molecule has 0 atom stereocenters. The van der Waals surface area contributed by atoms with Gasteiger partial charge in [0.2, 0.25) is 0 Å². The van der Waals surface area contributed by atoms with Crippen molar-refractivity contribution in [3.63, 3.8) is 0 Å². The third-order valence-corrected chi connectivity index (χ3v) is 4.14. The van der Waals surface area contributed by atoms with Gasteiger partial charge in [-0.05, 0) is 49.8 Å². The van der Waals surface area contributed by atoms with Gasteiger partial charge in [-0.1, -0.05) is 31.4 Å². The summed E-state index contributed by atoms with van der Waals surface area (Å²) in [5.74, 6) is 0.764. The molecule has 0 saturated heterocycles. The molecule has 1 aliphatic rings. The molecule has 2 nitrogen and oxygen atoms in total. The molecule has 104 valence electrons. The number of carbonyl (C=O) groups is 1. The van der Waals surface area contributed by atoms with Gasteiger partial charge in [-0.2, -0.15) is 0 Å². The van der Waals surface area contributed by atoms with Crippen LogP contribution in [0, 0.1) is 19.8 Å². The van der Waals surface area contributed by atoms with Crippen molar-refractivity contribution in [2.75, 3.05) is 13.2 Å². The van der Waals surface area contributed by atoms with Crippen molar-refractivity contribution < 1.29 is 9.53 Å². The second kappa shape index (κ2) is 6.85. The lowest BCUT2D eigenvalue weighted by molar-refractivity contribution is 0.0628. The van der Waals surface area contributed by atoms with E-state index in [2.05, 4.69) is 6.92 Å². The quantitative estimate of drug-likeness (QED) is 0.746. The van der Waals surface area contributed by atoms with Gasteiger partial charge in [0.1, 0.15) is 6.61 Å². The molecule has 0 bridgehead atoms. The Morgan fingerprint density at radius 3 is 2.58 bits per heavy atom. The van der Waals surface area contributed by atoms with Gasteiger partial charge in [-0.25, -0.2) is 0 Å². The monoisotopic (exact) mass is 260 g/mol. The largest absolute Gasteiger partial charge is 0.373 e. The van der Waals surface area contributed by atoms with Crippen molar-refractivity contribution in [1.29, 1.82) is 0 Å². The highest BCUT2D eigenvalue weighted by Crippen LogP contribution is 2.23. The first-order valence-corrected chi connectivity index (χ1v) is 7.35. The highest BCUT2D eigenvalue weighted by molar-refractivity contribution is 5.97. The molecule has 2 rings (SSSR count). The Bertz CT molecular complexity index is 431. The van der Waals surface area contributed by atoms with Crippen molar-refractivity contribution in [1.82, 2.24) is 0 Å². The van der Waals surface area contributed by atoms with Crippen LogP contribution in [-0.4, -0.2) is 19.0 Å². The van der Waals surface area contributed by atoms with E-state index >= 15 is 0 Å². The summed E-state index contributed by atoms with van der Waals surface area (Å²) in [5, 5.41) is 0. The summed E-state index contributed by atoms with van der Waals surface area (Å²) in [6, 6.07) is 5.86. The van der Waals surface area contributed by atoms with E-state index in [9.17, 15) is 4.79 Å². The zero-order valence-corrected chi connectivity index (χ0v) is 12.1. The highest BCUT2D eigenvalue weighted by Gasteiger charge is 2.14. The van der Waals surface area contributed by atoms with E-state index in [4.69, 9.17) is 4.74 Å². The summed E-state index contributed by atoms with van der Waals surface area (Å²) in [7, 11) is 0. The fourth-order valence-corrected chi connectivity index (χ4v) is 2.67. The molecule has 0 unspecified atom stereocenters. The molecule has 0 amide bonds. The van der Waals surface area contributed by atoms with Crippen molar-refractivity contribution in [3.05, 3.63) is 34.9 Å². The van der Waals surface area contributed by atoms with Gasteiger partial charge in [-0.15, -0.1) is 0 Å². The molecule has 0 N–H and O–H groups in total. The van der Waals surface area contributed by atoms with Gasteiger partial charge in [0, 0.05) is 5.56 Å². The molecular weight excluding hydrogens is 236 g/mol. The average molecular weight is 260 g/mol. The third kappa shape index (κ3) is 4.17. The summed E-state index contributed by atoms with van der Waals surface area (Å²) in [6.07, 6.45) is 6.52. The van der Waals surface area contributed by atoms with Crippen LogP contribution >= 0.6 is 0 Å². The van der Waals surface area contributed by atoms with E-state index in [1.807, 2.05) is 25.1 Å². The minimum absolute atomic E-state index is 0.0962. The van der Waals surface area contributed by atoms with Gasteiger partial charge in [0.25, 0.3) is 0 Å². The lowest BCUT2D eigenvalue weighted by Crippen LogP contribution is -2.17. The average Bonchev–Trinajstić information content (AvgIpc) is 2.43. The van der Waals surface area contributed by atoms with Crippen LogP contribution in [0.1, 0.15) is 53.6 Å². The number of rotatable bonds is 5. The predicted molar refractivity (Wildman–Crippen MR) is 77.6 cm³/mol. The molecule has 1 aromatic rings. The third-order valence-electron chi connectivity index (χ3n) is 4.14. The normalized spacial score (nSPS) is 16.5. The van der Waals surface area contributed by atoms with E-state index in [0.29, 0.717) is 5.92 Å². The van der Waals surface area contributed by atoms with Crippen LogP contribution in [0.4, 0.5) is 0 Å². The summed E-state index contributed by atoms with van der Waals surface area (Å²) < 4.78 is 5.61. The van der Waals surface area contributed by atoms with Crippen LogP contribution in [0.15, 0.2) is 18.2 Å². The molecule has 0 spiro atoms. The van der Waals surface area contributed by atoms with Crippen LogP contribution in [0.5, 0.6) is 0 Å². The Kier molecular flexibility index (Phi) is 5.15. The summed E-state index contributed by atoms with van der Waals surface area (Å²) in [4.78, 5) is 12.0. The molecule has 0 radical (unpaired) electrons. The number of benzene rings is 1. The van der Waals surface area contributed by atoms with E-state index in [1.165, 1.54) is 37.7 Å². The van der Waals surface area contributed by atoms with Crippen molar-refractivity contribution in [2.45, 2.75) is 46.0 Å². The van der Waals surface area contributed by atoms with Gasteiger partial charge >= 0.3 is 0 Å². The molecule has 1 fully saturated rings. The van der Waals surface area contributed by atoms with Gasteiger partial charge in [-0.3, -0.25) is 4.79 Å². The van der Waals surface area contributed by atoms with Gasteiger partial charge < -0.3 is 4.74 Å². The zero-order valence-electron chi connectivity index (χ0n) is 12.1. The molecule has 0 aromatic heterocycles. The number of carbonyl (C=O) groups excluding carboxylic acids is 1. The van der Waals surface area contributed by atoms with E-state index in [-0.39, 0.29) is 12.4 Å². The number of Topliss-reactive ketones (excluding diaryl/α,β-unsaturated/α-hetero) is 1. The summed E-state index contributed by atoms with van der Waals surface area (Å²) in [6.45, 7) is 5.06. The van der Waals surface area contributed by atoms with Crippen LogP contribution in [0.2, 0.25) is 0 Å². The minimum Gasteiger partial charge on any atom is -0.373 e. The van der Waals surface area contributed by atoms with E-state index < -0.39 is 0 Å². The zero-order chi connectivity index (χ0) is 13.7. The number of aryl methyl sites for hydroxylation is 2. The maximum absolute atomic E-state index is 12.0. The topological polar surface area (TPSA) is 26.3 Å². The van der Waals surface area contributed by atoms with Gasteiger partial charge in [0.05, 0.1) is 6.61 Å². The molecule has 1 aliphatic carbocycles. The molecule has 1 saturated carbocycles. The number of ketones is 1. The fraction of sp³-hybridized carbons (Fsp3) is 0.588. The number of hydrogen-bond acceptors (Lipinski definition) is 2. The molecular formula is C17H24O2. The highest BCUT2D eigenvalue weighted by atomic mass is 16.5. The Balaban J connectivity index is 1.78. The smallest absolute Gasteiger partial charge is 0.188 e.